The quantitative estimate of drug-likeness (QED) is 0.338. The van der Waals surface area contributed by atoms with Gasteiger partial charge in [0, 0.05) is 36.6 Å². The fraction of sp³-hybridized carbons (Fsp3) is 0.429. The number of nitrogens with one attached hydrogen (secondary N) is 2. The largest absolute Gasteiger partial charge is 0.386 e. The van der Waals surface area contributed by atoms with Gasteiger partial charge in [0.05, 0.1) is 10.9 Å². The molecule has 1 aliphatic heterocycles. The summed E-state index contributed by atoms with van der Waals surface area (Å²) in [5.41, 5.74) is 2.29. The second-order valence-electron chi connectivity index (χ2n) is 6.83. The molecule has 6 nitrogen and oxygen atoms in total. The van der Waals surface area contributed by atoms with E-state index in [2.05, 4.69) is 21.7 Å². The third kappa shape index (κ3) is 5.95. The molecule has 0 radical (unpaired) electrons. The molecule has 1 aliphatic rings. The van der Waals surface area contributed by atoms with Crippen molar-refractivity contribution in [2.45, 2.75) is 32.3 Å². The van der Waals surface area contributed by atoms with E-state index in [9.17, 15) is 9.90 Å². The highest BCUT2D eigenvalue weighted by Gasteiger charge is 2.23. The zero-order chi connectivity index (χ0) is 20.6. The van der Waals surface area contributed by atoms with Crippen molar-refractivity contribution in [1.82, 2.24) is 10.6 Å². The molecular formula is C21H27ClN4O2S. The minimum atomic E-state index is -0.681. The van der Waals surface area contributed by atoms with Crippen LogP contribution in [0.2, 0.25) is 4.34 Å². The SMILES string of the molecule is CCNC(=NCC(O)c1ccc(Cl)s1)NCCCC(=O)N1CCc2ccccc21. The van der Waals surface area contributed by atoms with Crippen LogP contribution >= 0.6 is 22.9 Å². The average molecular weight is 435 g/mol. The molecule has 0 aliphatic carbocycles. The highest BCUT2D eigenvalue weighted by Crippen LogP contribution is 2.28. The van der Waals surface area contributed by atoms with Gasteiger partial charge in [-0.3, -0.25) is 9.79 Å². The van der Waals surface area contributed by atoms with Gasteiger partial charge < -0.3 is 20.6 Å². The van der Waals surface area contributed by atoms with E-state index in [-0.39, 0.29) is 12.5 Å². The first-order valence-corrected chi connectivity index (χ1v) is 11.1. The van der Waals surface area contributed by atoms with Crippen molar-refractivity contribution >= 4 is 40.5 Å². The molecule has 2 aromatic rings. The number of thiophene rings is 1. The second-order valence-corrected chi connectivity index (χ2v) is 8.58. The molecule has 2 heterocycles. The van der Waals surface area contributed by atoms with Gasteiger partial charge in [0.1, 0.15) is 6.10 Å². The molecule has 3 N–H and O–H groups in total. The van der Waals surface area contributed by atoms with Crippen molar-refractivity contribution in [3.8, 4) is 0 Å². The summed E-state index contributed by atoms with van der Waals surface area (Å²) in [7, 11) is 0. The number of carbonyl (C=O) groups excluding carboxylic acids is 1. The number of benzene rings is 1. The van der Waals surface area contributed by atoms with Crippen LogP contribution in [0.15, 0.2) is 41.4 Å². The van der Waals surface area contributed by atoms with Gasteiger partial charge in [-0.25, -0.2) is 0 Å². The van der Waals surface area contributed by atoms with Gasteiger partial charge in [-0.1, -0.05) is 29.8 Å². The third-order valence-electron chi connectivity index (χ3n) is 4.74. The number of aliphatic imine (C=N–C) groups is 1. The molecule has 1 atom stereocenters. The summed E-state index contributed by atoms with van der Waals surface area (Å²) in [6, 6.07) is 11.7. The number of carbonyl (C=O) groups is 1. The Morgan fingerprint density at radius 3 is 2.90 bits per heavy atom. The first kappa shape index (κ1) is 21.6. The van der Waals surface area contributed by atoms with Crippen molar-refractivity contribution < 1.29 is 9.90 Å². The minimum Gasteiger partial charge on any atom is -0.386 e. The van der Waals surface area contributed by atoms with Crippen LogP contribution in [0.1, 0.15) is 36.3 Å². The molecule has 0 spiro atoms. The zero-order valence-electron chi connectivity index (χ0n) is 16.5. The minimum absolute atomic E-state index is 0.156. The summed E-state index contributed by atoms with van der Waals surface area (Å²) in [6.45, 7) is 4.35. The van der Waals surface area contributed by atoms with Crippen molar-refractivity contribution in [3.05, 3.63) is 51.2 Å². The molecular weight excluding hydrogens is 408 g/mol. The number of halogens is 1. The van der Waals surface area contributed by atoms with E-state index < -0.39 is 6.10 Å². The molecule has 3 rings (SSSR count). The van der Waals surface area contributed by atoms with Crippen LogP contribution in [0.3, 0.4) is 0 Å². The summed E-state index contributed by atoms with van der Waals surface area (Å²) in [5.74, 6) is 0.789. The normalized spacial score (nSPS) is 14.6. The number of aliphatic hydroxyl groups is 1. The van der Waals surface area contributed by atoms with Gasteiger partial charge in [-0.15, -0.1) is 11.3 Å². The molecule has 0 saturated heterocycles. The van der Waals surface area contributed by atoms with Crippen molar-refractivity contribution in [2.75, 3.05) is 31.1 Å². The topological polar surface area (TPSA) is 77.0 Å². The molecule has 1 unspecified atom stereocenters. The molecule has 0 bridgehead atoms. The Morgan fingerprint density at radius 1 is 1.31 bits per heavy atom. The molecule has 1 amide bonds. The van der Waals surface area contributed by atoms with Gasteiger partial charge in [0.25, 0.3) is 0 Å². The summed E-state index contributed by atoms with van der Waals surface area (Å²) >= 11 is 7.27. The number of anilines is 1. The maximum Gasteiger partial charge on any atom is 0.227 e. The van der Waals surface area contributed by atoms with Crippen LogP contribution in [-0.4, -0.2) is 43.2 Å². The average Bonchev–Trinajstić information content (AvgIpc) is 3.35. The number of fused-ring (bicyclic) bond motifs is 1. The molecule has 8 heteroatoms. The Bertz CT molecular complexity index is 855. The maximum absolute atomic E-state index is 12.6. The first-order chi connectivity index (χ1) is 14.1. The Balaban J connectivity index is 1.44. The number of para-hydroxylation sites is 1. The van der Waals surface area contributed by atoms with Crippen molar-refractivity contribution in [3.63, 3.8) is 0 Å². The third-order valence-corrected chi connectivity index (χ3v) is 6.07. The van der Waals surface area contributed by atoms with E-state index in [1.165, 1.54) is 16.9 Å². The lowest BCUT2D eigenvalue weighted by Crippen LogP contribution is -2.38. The van der Waals surface area contributed by atoms with Gasteiger partial charge in [0.2, 0.25) is 5.91 Å². The Hall–Kier alpha value is -2.09. The van der Waals surface area contributed by atoms with Gasteiger partial charge in [0.15, 0.2) is 5.96 Å². The molecule has 156 valence electrons. The molecule has 0 saturated carbocycles. The maximum atomic E-state index is 12.6. The van der Waals surface area contributed by atoms with Gasteiger partial charge in [-0.05, 0) is 43.5 Å². The van der Waals surface area contributed by atoms with E-state index in [0.717, 1.165) is 30.1 Å². The molecule has 1 aromatic heterocycles. The monoisotopic (exact) mass is 434 g/mol. The van der Waals surface area contributed by atoms with E-state index in [0.29, 0.717) is 29.7 Å². The van der Waals surface area contributed by atoms with Crippen LogP contribution in [-0.2, 0) is 11.2 Å². The van der Waals surface area contributed by atoms with Crippen molar-refractivity contribution in [2.24, 2.45) is 4.99 Å². The molecule has 1 aromatic carbocycles. The Labute approximate surface area is 180 Å². The molecule has 29 heavy (non-hydrogen) atoms. The second kappa shape index (κ2) is 10.6. The van der Waals surface area contributed by atoms with Crippen LogP contribution in [0.5, 0.6) is 0 Å². The van der Waals surface area contributed by atoms with Crippen molar-refractivity contribution in [1.29, 1.82) is 0 Å². The smallest absolute Gasteiger partial charge is 0.227 e. The number of rotatable bonds is 8. The Kier molecular flexibility index (Phi) is 7.91. The fourth-order valence-electron chi connectivity index (χ4n) is 3.30. The van der Waals surface area contributed by atoms with Crippen LogP contribution in [0.25, 0.3) is 0 Å². The summed E-state index contributed by atoms with van der Waals surface area (Å²) in [4.78, 5) is 19.7. The molecule has 0 fully saturated rings. The van der Waals surface area contributed by atoms with E-state index in [1.807, 2.05) is 36.1 Å². The summed E-state index contributed by atoms with van der Waals surface area (Å²) in [5, 5.41) is 16.6. The van der Waals surface area contributed by atoms with Crippen LogP contribution in [0.4, 0.5) is 5.69 Å². The van der Waals surface area contributed by atoms with E-state index >= 15 is 0 Å². The predicted molar refractivity (Wildman–Crippen MR) is 120 cm³/mol. The lowest BCUT2D eigenvalue weighted by molar-refractivity contribution is -0.118. The van der Waals surface area contributed by atoms with Gasteiger partial charge in [-0.2, -0.15) is 0 Å². The Morgan fingerprint density at radius 2 is 2.14 bits per heavy atom. The number of aliphatic hydroxyl groups excluding tert-OH is 1. The number of nitrogens with zero attached hydrogens (tertiary/aromatic N) is 2. The number of guanidine groups is 1. The van der Waals surface area contributed by atoms with Gasteiger partial charge >= 0.3 is 0 Å². The summed E-state index contributed by atoms with van der Waals surface area (Å²) in [6.07, 6.45) is 1.44. The zero-order valence-corrected chi connectivity index (χ0v) is 18.1. The number of hydrogen-bond donors (Lipinski definition) is 3. The summed E-state index contributed by atoms with van der Waals surface area (Å²) < 4.78 is 0.651. The van der Waals surface area contributed by atoms with E-state index in [1.54, 1.807) is 6.07 Å². The predicted octanol–water partition coefficient (Wildman–Crippen LogP) is 3.36. The first-order valence-electron chi connectivity index (χ1n) is 9.92. The number of hydrogen-bond acceptors (Lipinski definition) is 4. The standard InChI is InChI=1S/C21H27ClN4O2S/c1-2-23-21(25-14-17(27)18-9-10-19(22)29-18)24-12-5-8-20(28)26-13-11-15-6-3-4-7-16(15)26/h3-4,6-7,9-10,17,27H,2,5,8,11-14H2,1H3,(H2,23,24,25). The van der Waals surface area contributed by atoms with Crippen LogP contribution in [0, 0.1) is 0 Å². The number of amides is 1. The van der Waals surface area contributed by atoms with E-state index in [4.69, 9.17) is 11.6 Å². The lowest BCUT2D eigenvalue weighted by Gasteiger charge is -2.17. The lowest BCUT2D eigenvalue weighted by atomic mass is 10.2. The highest BCUT2D eigenvalue weighted by molar-refractivity contribution is 7.16. The highest BCUT2D eigenvalue weighted by atomic mass is 35.5. The van der Waals surface area contributed by atoms with Crippen LogP contribution < -0.4 is 15.5 Å². The fourth-order valence-corrected chi connectivity index (χ4v) is 4.33.